The van der Waals surface area contributed by atoms with Gasteiger partial charge in [-0.25, -0.2) is 8.42 Å². The number of halogens is 2. The molecule has 0 heterocycles. The van der Waals surface area contributed by atoms with E-state index in [2.05, 4.69) is 5.32 Å². The highest BCUT2D eigenvalue weighted by Gasteiger charge is 2.30. The van der Waals surface area contributed by atoms with Crippen molar-refractivity contribution in [2.75, 3.05) is 6.54 Å². The molecular formula is C26H28Cl2N2O3S. The van der Waals surface area contributed by atoms with Gasteiger partial charge in [0, 0.05) is 16.6 Å². The fourth-order valence-corrected chi connectivity index (χ4v) is 6.05. The van der Waals surface area contributed by atoms with Crippen LogP contribution in [0.2, 0.25) is 10.0 Å². The number of nitrogens with zero attached hydrogens (tertiary/aromatic N) is 1. The van der Waals surface area contributed by atoms with Crippen LogP contribution >= 0.6 is 23.2 Å². The van der Waals surface area contributed by atoms with Crippen molar-refractivity contribution in [2.45, 2.75) is 45.2 Å². The van der Waals surface area contributed by atoms with Gasteiger partial charge in [-0.3, -0.25) is 4.79 Å². The number of hydrogen-bond acceptors (Lipinski definition) is 3. The predicted octanol–water partition coefficient (Wildman–Crippen LogP) is 5.99. The number of rotatable bonds is 8. The smallest absolute Gasteiger partial charge is 0.244 e. The van der Waals surface area contributed by atoms with Crippen LogP contribution in [-0.2, 0) is 21.4 Å². The first-order valence-electron chi connectivity index (χ1n) is 10.8. The number of benzene rings is 3. The summed E-state index contributed by atoms with van der Waals surface area (Å²) in [6.07, 6.45) is 0. The van der Waals surface area contributed by atoms with Gasteiger partial charge in [0.25, 0.3) is 0 Å². The third-order valence-electron chi connectivity index (χ3n) is 5.54. The molecule has 0 radical (unpaired) electrons. The summed E-state index contributed by atoms with van der Waals surface area (Å²) in [7, 11) is -3.97. The Hall–Kier alpha value is -2.38. The topological polar surface area (TPSA) is 66.5 Å². The molecule has 0 saturated carbocycles. The lowest BCUT2D eigenvalue weighted by Gasteiger charge is -2.25. The van der Waals surface area contributed by atoms with Gasteiger partial charge >= 0.3 is 0 Å². The zero-order valence-electron chi connectivity index (χ0n) is 19.6. The summed E-state index contributed by atoms with van der Waals surface area (Å²) in [6, 6.07) is 17.4. The van der Waals surface area contributed by atoms with Gasteiger partial charge < -0.3 is 5.32 Å². The average Bonchev–Trinajstić information content (AvgIpc) is 2.74. The molecule has 0 aromatic heterocycles. The molecule has 180 valence electrons. The molecule has 0 fully saturated rings. The Kier molecular flexibility index (Phi) is 8.42. The summed E-state index contributed by atoms with van der Waals surface area (Å²) in [6.45, 7) is 7.03. The molecule has 0 bridgehead atoms. The molecule has 1 N–H and O–H groups in total. The van der Waals surface area contributed by atoms with Crippen molar-refractivity contribution in [3.05, 3.63) is 98.5 Å². The van der Waals surface area contributed by atoms with Gasteiger partial charge in [-0.05, 0) is 74.2 Å². The first-order chi connectivity index (χ1) is 16.0. The second-order valence-electron chi connectivity index (χ2n) is 8.47. The number of hydrogen-bond donors (Lipinski definition) is 1. The molecule has 0 aliphatic carbocycles. The van der Waals surface area contributed by atoms with E-state index < -0.39 is 15.9 Å². The molecule has 0 unspecified atom stereocenters. The van der Waals surface area contributed by atoms with E-state index in [0.717, 1.165) is 16.7 Å². The Balaban J connectivity index is 1.91. The zero-order chi connectivity index (χ0) is 25.0. The maximum Gasteiger partial charge on any atom is 0.244 e. The summed E-state index contributed by atoms with van der Waals surface area (Å²) in [4.78, 5) is 13.2. The molecule has 1 amide bonds. The Morgan fingerprint density at radius 3 is 1.94 bits per heavy atom. The molecule has 3 aromatic rings. The molecule has 3 rings (SSSR count). The molecule has 0 aliphatic heterocycles. The lowest BCUT2D eigenvalue weighted by atomic mass is 10.1. The minimum Gasteiger partial charge on any atom is -0.348 e. The highest BCUT2D eigenvalue weighted by molar-refractivity contribution is 7.89. The Morgan fingerprint density at radius 1 is 0.912 bits per heavy atom. The maximum absolute atomic E-state index is 13.8. The van der Waals surface area contributed by atoms with Crippen molar-refractivity contribution in [1.82, 2.24) is 9.62 Å². The van der Waals surface area contributed by atoms with Crippen LogP contribution in [0.15, 0.2) is 65.6 Å². The fourth-order valence-electron chi connectivity index (χ4n) is 4.00. The first kappa shape index (κ1) is 26.2. The molecular weight excluding hydrogens is 491 g/mol. The van der Waals surface area contributed by atoms with Gasteiger partial charge in [0.05, 0.1) is 17.5 Å². The van der Waals surface area contributed by atoms with E-state index >= 15 is 0 Å². The number of nitrogens with one attached hydrogen (secondary N) is 1. The zero-order valence-corrected chi connectivity index (χ0v) is 21.9. The fraction of sp³-hybridized carbons (Fsp3) is 0.269. The van der Waals surface area contributed by atoms with Gasteiger partial charge in [0.2, 0.25) is 15.9 Å². The summed E-state index contributed by atoms with van der Waals surface area (Å²) in [5.74, 6) is -0.401. The van der Waals surface area contributed by atoms with Crippen molar-refractivity contribution in [3.8, 4) is 0 Å². The Morgan fingerprint density at radius 2 is 1.41 bits per heavy atom. The molecule has 34 heavy (non-hydrogen) atoms. The van der Waals surface area contributed by atoms with Crippen LogP contribution in [0.1, 0.15) is 40.8 Å². The van der Waals surface area contributed by atoms with E-state index in [4.69, 9.17) is 23.2 Å². The quantitative estimate of drug-likeness (QED) is 0.398. The molecule has 1 atom stereocenters. The Labute approximate surface area is 211 Å². The van der Waals surface area contributed by atoms with Crippen molar-refractivity contribution in [2.24, 2.45) is 0 Å². The van der Waals surface area contributed by atoms with Crippen LogP contribution in [-0.4, -0.2) is 25.2 Å². The summed E-state index contributed by atoms with van der Waals surface area (Å²) >= 11 is 11.9. The van der Waals surface area contributed by atoms with Crippen LogP contribution < -0.4 is 5.32 Å². The third kappa shape index (κ3) is 6.39. The van der Waals surface area contributed by atoms with E-state index in [1.165, 1.54) is 4.31 Å². The van der Waals surface area contributed by atoms with Gasteiger partial charge in [-0.2, -0.15) is 4.31 Å². The molecule has 3 aromatic carbocycles. The number of amides is 1. The van der Waals surface area contributed by atoms with Crippen LogP contribution in [0.4, 0.5) is 0 Å². The highest BCUT2D eigenvalue weighted by Crippen LogP contribution is 2.27. The summed E-state index contributed by atoms with van der Waals surface area (Å²) < 4.78 is 28.8. The number of carbonyl (C=O) groups is 1. The van der Waals surface area contributed by atoms with E-state index in [1.807, 2.05) is 38.1 Å². The highest BCUT2D eigenvalue weighted by atomic mass is 35.5. The Bertz CT molecular complexity index is 1250. The minimum atomic E-state index is -3.97. The lowest BCUT2D eigenvalue weighted by Crippen LogP contribution is -2.41. The van der Waals surface area contributed by atoms with Crippen LogP contribution in [0.25, 0.3) is 0 Å². The number of sulfonamides is 1. The SMILES string of the molecule is Cc1cc(C)c(S(=O)(=O)N(CC(=O)N[C@@H](C)c2ccc(Cl)cc2)Cc2ccc(Cl)cc2)c(C)c1. The van der Waals surface area contributed by atoms with Crippen LogP contribution in [0.3, 0.4) is 0 Å². The monoisotopic (exact) mass is 518 g/mol. The van der Waals surface area contributed by atoms with Crippen molar-refractivity contribution >= 4 is 39.1 Å². The van der Waals surface area contributed by atoms with Gasteiger partial charge in [-0.1, -0.05) is 65.2 Å². The van der Waals surface area contributed by atoms with Gasteiger partial charge in [0.1, 0.15) is 0 Å². The standard InChI is InChI=1S/C26H28Cl2N2O3S/c1-17-13-18(2)26(19(3)14-17)34(32,33)30(15-21-5-9-23(27)10-6-21)16-25(31)29-20(4)22-7-11-24(28)12-8-22/h5-14,20H,15-16H2,1-4H3,(H,29,31)/t20-/m0/s1. The van der Waals surface area contributed by atoms with E-state index in [9.17, 15) is 13.2 Å². The largest absolute Gasteiger partial charge is 0.348 e. The van der Waals surface area contributed by atoms with Crippen LogP contribution in [0, 0.1) is 20.8 Å². The lowest BCUT2D eigenvalue weighted by molar-refractivity contribution is -0.122. The van der Waals surface area contributed by atoms with Gasteiger partial charge in [0.15, 0.2) is 0 Å². The number of carbonyl (C=O) groups excluding carboxylic acids is 1. The van der Waals surface area contributed by atoms with Crippen molar-refractivity contribution < 1.29 is 13.2 Å². The second kappa shape index (κ2) is 10.9. The average molecular weight is 519 g/mol. The molecule has 0 saturated heterocycles. The molecule has 0 aliphatic rings. The molecule has 5 nitrogen and oxygen atoms in total. The third-order valence-corrected chi connectivity index (χ3v) is 8.14. The molecule has 8 heteroatoms. The second-order valence-corrected chi connectivity index (χ2v) is 11.2. The van der Waals surface area contributed by atoms with Crippen molar-refractivity contribution in [3.63, 3.8) is 0 Å². The summed E-state index contributed by atoms with van der Waals surface area (Å²) in [5, 5.41) is 4.05. The van der Waals surface area contributed by atoms with Crippen molar-refractivity contribution in [1.29, 1.82) is 0 Å². The van der Waals surface area contributed by atoms with E-state index in [0.29, 0.717) is 21.2 Å². The number of aryl methyl sites for hydroxylation is 3. The maximum atomic E-state index is 13.8. The van der Waals surface area contributed by atoms with Crippen LogP contribution in [0.5, 0.6) is 0 Å². The van der Waals surface area contributed by atoms with E-state index in [1.54, 1.807) is 50.2 Å². The normalized spacial score (nSPS) is 12.6. The predicted molar refractivity (Wildman–Crippen MR) is 138 cm³/mol. The minimum absolute atomic E-state index is 0.0367. The molecule has 0 spiro atoms. The van der Waals surface area contributed by atoms with E-state index in [-0.39, 0.29) is 24.0 Å². The first-order valence-corrected chi connectivity index (χ1v) is 13.0. The van der Waals surface area contributed by atoms with Gasteiger partial charge in [-0.15, -0.1) is 0 Å². The summed E-state index contributed by atoms with van der Waals surface area (Å²) in [5.41, 5.74) is 3.87.